The first-order chi connectivity index (χ1) is 6.29. The summed E-state index contributed by atoms with van der Waals surface area (Å²) in [7, 11) is 0. The summed E-state index contributed by atoms with van der Waals surface area (Å²) in [5, 5.41) is 13.2. The van der Waals surface area contributed by atoms with E-state index in [1.807, 2.05) is 0 Å². The molecule has 0 amide bonds. The first-order valence-corrected chi connectivity index (χ1v) is 5.42. The lowest BCUT2D eigenvalue weighted by molar-refractivity contribution is 0.0306. The Bertz CT molecular complexity index is 141. The van der Waals surface area contributed by atoms with Crippen LogP contribution in [0.3, 0.4) is 0 Å². The van der Waals surface area contributed by atoms with Gasteiger partial charge in [0, 0.05) is 12.6 Å². The molecule has 1 aliphatic rings. The molecule has 2 atom stereocenters. The maximum absolute atomic E-state index is 9.82. The van der Waals surface area contributed by atoms with Crippen molar-refractivity contribution in [3.8, 4) is 0 Å². The highest BCUT2D eigenvalue weighted by Crippen LogP contribution is 2.11. The fourth-order valence-corrected chi connectivity index (χ4v) is 2.05. The zero-order valence-electron chi connectivity index (χ0n) is 8.79. The summed E-state index contributed by atoms with van der Waals surface area (Å²) in [4.78, 5) is 2.37. The van der Waals surface area contributed by atoms with Gasteiger partial charge in [-0.1, -0.05) is 13.8 Å². The van der Waals surface area contributed by atoms with Crippen molar-refractivity contribution in [1.82, 2.24) is 10.2 Å². The monoisotopic (exact) mass is 186 g/mol. The molecule has 0 saturated carbocycles. The predicted molar refractivity (Wildman–Crippen MR) is 54.8 cm³/mol. The second-order valence-corrected chi connectivity index (χ2v) is 3.76. The number of rotatable bonds is 4. The van der Waals surface area contributed by atoms with Crippen LogP contribution >= 0.6 is 0 Å². The van der Waals surface area contributed by atoms with Crippen molar-refractivity contribution in [2.24, 2.45) is 0 Å². The Morgan fingerprint density at radius 1 is 1.46 bits per heavy atom. The van der Waals surface area contributed by atoms with Gasteiger partial charge in [0.25, 0.3) is 0 Å². The molecule has 3 heteroatoms. The number of piperidine rings is 1. The Balaban J connectivity index is 2.44. The molecule has 78 valence electrons. The van der Waals surface area contributed by atoms with E-state index in [0.717, 1.165) is 39.0 Å². The number of hydrogen-bond donors (Lipinski definition) is 2. The molecule has 0 bridgehead atoms. The number of nitrogens with zero attached hydrogens (tertiary/aromatic N) is 1. The molecule has 1 saturated heterocycles. The minimum absolute atomic E-state index is 0.132. The summed E-state index contributed by atoms with van der Waals surface area (Å²) in [6.45, 7) is 8.38. The summed E-state index contributed by atoms with van der Waals surface area (Å²) >= 11 is 0. The van der Waals surface area contributed by atoms with E-state index in [1.54, 1.807) is 0 Å². The molecule has 1 rings (SSSR count). The molecule has 0 aromatic rings. The van der Waals surface area contributed by atoms with Crippen molar-refractivity contribution in [3.63, 3.8) is 0 Å². The van der Waals surface area contributed by atoms with Crippen LogP contribution in [0, 0.1) is 0 Å². The molecule has 2 N–H and O–H groups in total. The average Bonchev–Trinajstić information content (AvgIpc) is 2.16. The zero-order chi connectivity index (χ0) is 9.68. The summed E-state index contributed by atoms with van der Waals surface area (Å²) in [5.74, 6) is 0. The largest absolute Gasteiger partial charge is 0.391 e. The quantitative estimate of drug-likeness (QED) is 0.669. The smallest absolute Gasteiger partial charge is 0.0719 e. The van der Waals surface area contributed by atoms with Crippen LogP contribution in [0.5, 0.6) is 0 Å². The van der Waals surface area contributed by atoms with Gasteiger partial charge in [0.2, 0.25) is 0 Å². The van der Waals surface area contributed by atoms with Crippen LogP contribution in [-0.2, 0) is 0 Å². The minimum Gasteiger partial charge on any atom is -0.391 e. The molecule has 0 unspecified atom stereocenters. The first kappa shape index (κ1) is 11.0. The Morgan fingerprint density at radius 3 is 2.77 bits per heavy atom. The van der Waals surface area contributed by atoms with Crippen LogP contribution in [-0.4, -0.2) is 48.3 Å². The van der Waals surface area contributed by atoms with E-state index >= 15 is 0 Å². The van der Waals surface area contributed by atoms with Gasteiger partial charge < -0.3 is 10.4 Å². The number of likely N-dealkylation sites (N-methyl/N-ethyl adjacent to an activating group) is 1. The SMILES string of the molecule is CCCN(CC)[C@H]1CNCC[C@@H]1O. The van der Waals surface area contributed by atoms with Gasteiger partial charge in [0.05, 0.1) is 6.10 Å². The van der Waals surface area contributed by atoms with Crippen LogP contribution in [0.2, 0.25) is 0 Å². The van der Waals surface area contributed by atoms with E-state index in [1.165, 1.54) is 0 Å². The van der Waals surface area contributed by atoms with E-state index < -0.39 is 0 Å². The second kappa shape index (κ2) is 5.58. The van der Waals surface area contributed by atoms with Crippen molar-refractivity contribution in [2.45, 2.75) is 38.8 Å². The molecule has 1 heterocycles. The molecule has 0 aromatic heterocycles. The normalized spacial score (nSPS) is 29.5. The molecule has 3 nitrogen and oxygen atoms in total. The van der Waals surface area contributed by atoms with Crippen LogP contribution in [0.15, 0.2) is 0 Å². The van der Waals surface area contributed by atoms with Crippen molar-refractivity contribution in [2.75, 3.05) is 26.2 Å². The summed E-state index contributed by atoms with van der Waals surface area (Å²) in [5.41, 5.74) is 0. The van der Waals surface area contributed by atoms with E-state index in [9.17, 15) is 5.11 Å². The molecule has 13 heavy (non-hydrogen) atoms. The highest BCUT2D eigenvalue weighted by atomic mass is 16.3. The number of hydrogen-bond acceptors (Lipinski definition) is 3. The Hall–Kier alpha value is -0.120. The van der Waals surface area contributed by atoms with Crippen LogP contribution in [0.25, 0.3) is 0 Å². The van der Waals surface area contributed by atoms with Crippen LogP contribution < -0.4 is 5.32 Å². The lowest BCUT2D eigenvalue weighted by atomic mass is 10.0. The van der Waals surface area contributed by atoms with Gasteiger partial charge in [-0.3, -0.25) is 4.90 Å². The predicted octanol–water partition coefficient (Wildman–Crippen LogP) is 0.441. The van der Waals surface area contributed by atoms with Gasteiger partial charge in [0.15, 0.2) is 0 Å². The number of aliphatic hydroxyl groups is 1. The third-order valence-corrected chi connectivity index (χ3v) is 2.80. The van der Waals surface area contributed by atoms with Crippen molar-refractivity contribution >= 4 is 0 Å². The lowest BCUT2D eigenvalue weighted by Gasteiger charge is -2.37. The van der Waals surface area contributed by atoms with Gasteiger partial charge >= 0.3 is 0 Å². The van der Waals surface area contributed by atoms with E-state index in [4.69, 9.17) is 0 Å². The molecule has 0 radical (unpaired) electrons. The lowest BCUT2D eigenvalue weighted by Crippen LogP contribution is -2.54. The Kier molecular flexibility index (Phi) is 4.70. The average molecular weight is 186 g/mol. The first-order valence-electron chi connectivity index (χ1n) is 5.42. The minimum atomic E-state index is -0.132. The highest BCUT2D eigenvalue weighted by Gasteiger charge is 2.26. The molecular weight excluding hydrogens is 164 g/mol. The van der Waals surface area contributed by atoms with Gasteiger partial charge in [-0.15, -0.1) is 0 Å². The van der Waals surface area contributed by atoms with Gasteiger partial charge in [0.1, 0.15) is 0 Å². The van der Waals surface area contributed by atoms with Gasteiger partial charge in [-0.2, -0.15) is 0 Å². The van der Waals surface area contributed by atoms with E-state index in [2.05, 4.69) is 24.1 Å². The third kappa shape index (κ3) is 2.93. The number of aliphatic hydroxyl groups excluding tert-OH is 1. The second-order valence-electron chi connectivity index (χ2n) is 3.76. The molecule has 0 aliphatic carbocycles. The maximum atomic E-state index is 9.82. The van der Waals surface area contributed by atoms with Crippen LogP contribution in [0.4, 0.5) is 0 Å². The summed E-state index contributed by atoms with van der Waals surface area (Å²) < 4.78 is 0. The van der Waals surface area contributed by atoms with Crippen molar-refractivity contribution < 1.29 is 5.11 Å². The Morgan fingerprint density at radius 2 is 2.23 bits per heavy atom. The highest BCUT2D eigenvalue weighted by molar-refractivity contribution is 4.84. The zero-order valence-corrected chi connectivity index (χ0v) is 8.79. The topological polar surface area (TPSA) is 35.5 Å². The van der Waals surface area contributed by atoms with Gasteiger partial charge in [-0.25, -0.2) is 0 Å². The van der Waals surface area contributed by atoms with Crippen molar-refractivity contribution in [3.05, 3.63) is 0 Å². The third-order valence-electron chi connectivity index (χ3n) is 2.80. The van der Waals surface area contributed by atoms with Crippen LogP contribution in [0.1, 0.15) is 26.7 Å². The molecular formula is C10H22N2O. The fourth-order valence-electron chi connectivity index (χ4n) is 2.05. The summed E-state index contributed by atoms with van der Waals surface area (Å²) in [6.07, 6.45) is 1.93. The van der Waals surface area contributed by atoms with Gasteiger partial charge in [-0.05, 0) is 32.5 Å². The Labute approximate surface area is 81.1 Å². The molecule has 1 fully saturated rings. The molecule has 0 aromatic carbocycles. The number of nitrogens with one attached hydrogen (secondary N) is 1. The summed E-state index contributed by atoms with van der Waals surface area (Å²) in [6, 6.07) is 0.332. The molecule has 1 aliphatic heterocycles. The van der Waals surface area contributed by atoms with E-state index in [-0.39, 0.29) is 6.10 Å². The molecule has 0 spiro atoms. The van der Waals surface area contributed by atoms with E-state index in [0.29, 0.717) is 6.04 Å². The standard InChI is InChI=1S/C10H22N2O/c1-3-7-12(4-2)9-8-11-6-5-10(9)13/h9-11,13H,3-8H2,1-2H3/t9-,10-/m0/s1. The fraction of sp³-hybridized carbons (Fsp3) is 1.00. The van der Waals surface area contributed by atoms with Crippen molar-refractivity contribution in [1.29, 1.82) is 0 Å². The maximum Gasteiger partial charge on any atom is 0.0719 e.